The Kier molecular flexibility index (Phi) is 8.06. The highest BCUT2D eigenvalue weighted by Gasteiger charge is 2.23. The molecular weight excluding hydrogens is 418 g/mol. The zero-order valence-electron chi connectivity index (χ0n) is 15.9. The predicted octanol–water partition coefficient (Wildman–Crippen LogP) is -1.67. The maximum atomic E-state index is 12.4. The minimum absolute atomic E-state index is 0.0411. The number of fused-ring (bicyclic) bond motifs is 1. The molecule has 0 spiro atoms. The van der Waals surface area contributed by atoms with Crippen LogP contribution in [0, 0.1) is 0 Å². The van der Waals surface area contributed by atoms with Crippen LogP contribution in [0.1, 0.15) is 12.8 Å². The molecule has 0 bridgehead atoms. The predicted molar refractivity (Wildman–Crippen MR) is 104 cm³/mol. The lowest BCUT2D eigenvalue weighted by Crippen LogP contribution is -2.49. The molecule has 0 saturated heterocycles. The molecule has 2 rings (SSSR count). The van der Waals surface area contributed by atoms with E-state index in [0.29, 0.717) is 16.2 Å². The first-order chi connectivity index (χ1) is 14.2. The van der Waals surface area contributed by atoms with Crippen LogP contribution < -0.4 is 16.4 Å². The first-order valence-corrected chi connectivity index (χ1v) is 9.69. The van der Waals surface area contributed by atoms with Gasteiger partial charge in [0.25, 0.3) is 0 Å². The van der Waals surface area contributed by atoms with Crippen molar-refractivity contribution in [2.45, 2.75) is 30.0 Å². The third-order valence-electron chi connectivity index (χ3n) is 3.93. The zero-order chi connectivity index (χ0) is 22.3. The Morgan fingerprint density at radius 2 is 1.97 bits per heavy atom. The highest BCUT2D eigenvalue weighted by Crippen LogP contribution is 2.24. The van der Waals surface area contributed by atoms with Gasteiger partial charge in [-0.15, -0.1) is 11.8 Å². The van der Waals surface area contributed by atoms with Crippen LogP contribution in [-0.2, 0) is 26.2 Å². The van der Waals surface area contributed by atoms with Crippen molar-refractivity contribution in [3.8, 4) is 0 Å². The number of hydrogen-bond acceptors (Lipinski definition) is 9. The topological polar surface area (TPSA) is 202 Å². The van der Waals surface area contributed by atoms with Gasteiger partial charge in [-0.05, 0) is 6.42 Å². The molecule has 2 aromatic rings. The van der Waals surface area contributed by atoms with Crippen LogP contribution in [0.25, 0.3) is 11.2 Å². The summed E-state index contributed by atoms with van der Waals surface area (Å²) >= 11 is 1.16. The van der Waals surface area contributed by atoms with Crippen LogP contribution >= 0.6 is 11.8 Å². The Hall–Kier alpha value is -3.26. The lowest BCUT2D eigenvalue weighted by atomic mass is 10.1. The molecule has 14 heteroatoms. The fourth-order valence-corrected chi connectivity index (χ4v) is 3.42. The molecular formula is C16H21N7O6S. The summed E-state index contributed by atoms with van der Waals surface area (Å²) in [7, 11) is 1.76. The number of nitrogens with zero attached hydrogens (tertiary/aromatic N) is 4. The van der Waals surface area contributed by atoms with E-state index in [1.165, 1.54) is 6.33 Å². The number of rotatable bonds is 11. The number of aromatic nitrogens is 4. The Morgan fingerprint density at radius 1 is 1.23 bits per heavy atom. The van der Waals surface area contributed by atoms with Gasteiger partial charge in [-0.3, -0.25) is 19.2 Å². The molecule has 6 N–H and O–H groups in total. The Balaban J connectivity index is 2.07. The summed E-state index contributed by atoms with van der Waals surface area (Å²) in [5.41, 5.74) is 6.49. The van der Waals surface area contributed by atoms with Gasteiger partial charge >= 0.3 is 11.9 Å². The van der Waals surface area contributed by atoms with Gasteiger partial charge < -0.3 is 31.1 Å². The van der Waals surface area contributed by atoms with Crippen LogP contribution in [-0.4, -0.2) is 77.9 Å². The molecule has 0 radical (unpaired) electrons. The zero-order valence-corrected chi connectivity index (χ0v) is 16.8. The second-order valence-electron chi connectivity index (χ2n) is 6.23. The SMILES string of the molecule is Cn1cnc2ncnc(SC[C@H](NC(=O)CC[C@H](N)C(=O)O)C(=O)NCC(=O)O)c21. The van der Waals surface area contributed by atoms with Crippen molar-refractivity contribution < 1.29 is 29.4 Å². The van der Waals surface area contributed by atoms with Crippen molar-refractivity contribution in [2.75, 3.05) is 12.3 Å². The molecule has 2 atom stereocenters. The molecule has 0 aliphatic rings. The fourth-order valence-electron chi connectivity index (χ4n) is 2.37. The smallest absolute Gasteiger partial charge is 0.322 e. The van der Waals surface area contributed by atoms with Gasteiger partial charge in [-0.2, -0.15) is 0 Å². The molecule has 0 saturated carbocycles. The van der Waals surface area contributed by atoms with E-state index in [1.807, 2.05) is 0 Å². The quantitative estimate of drug-likeness (QED) is 0.198. The average molecular weight is 439 g/mol. The summed E-state index contributed by atoms with van der Waals surface area (Å²) in [5.74, 6) is -3.72. The maximum Gasteiger partial charge on any atom is 0.322 e. The summed E-state index contributed by atoms with van der Waals surface area (Å²) in [6, 6.07) is -2.29. The number of hydrogen-bond donors (Lipinski definition) is 5. The molecule has 30 heavy (non-hydrogen) atoms. The standard InChI is InChI=1S/C16H21N7O6S/c1-23-7-21-13-12(23)15(20-6-19-13)30-5-9(14(27)18-4-11(25)26)22-10(24)3-2-8(17)16(28)29/h6-9H,2-5,17H2,1H3,(H,18,27)(H,22,24)(H,25,26)(H,28,29)/t8-,9-/m0/s1. The number of nitrogens with one attached hydrogen (secondary N) is 2. The second kappa shape index (κ2) is 10.5. The van der Waals surface area contributed by atoms with E-state index in [-0.39, 0.29) is 18.6 Å². The minimum atomic E-state index is -1.24. The van der Waals surface area contributed by atoms with Crippen molar-refractivity contribution >= 4 is 46.7 Å². The molecule has 162 valence electrons. The van der Waals surface area contributed by atoms with Crippen molar-refractivity contribution in [2.24, 2.45) is 12.8 Å². The number of thioether (sulfide) groups is 1. The monoisotopic (exact) mass is 439 g/mol. The number of carboxylic acid groups (broad SMARTS) is 2. The molecule has 2 heterocycles. The number of nitrogens with two attached hydrogens (primary N) is 1. The fraction of sp³-hybridized carbons (Fsp3) is 0.438. The lowest BCUT2D eigenvalue weighted by molar-refractivity contribution is -0.139. The molecule has 0 aliphatic carbocycles. The maximum absolute atomic E-state index is 12.4. The number of aryl methyl sites for hydroxylation is 1. The second-order valence-corrected chi connectivity index (χ2v) is 7.24. The van der Waals surface area contributed by atoms with Gasteiger partial charge in [0.1, 0.15) is 35.5 Å². The first kappa shape index (κ1) is 23.0. The van der Waals surface area contributed by atoms with E-state index >= 15 is 0 Å². The number of aliphatic carboxylic acids is 2. The molecule has 2 amide bonds. The van der Waals surface area contributed by atoms with E-state index in [0.717, 1.165) is 11.8 Å². The van der Waals surface area contributed by atoms with Crippen LogP contribution in [0.4, 0.5) is 0 Å². The molecule has 0 fully saturated rings. The first-order valence-electron chi connectivity index (χ1n) is 8.71. The summed E-state index contributed by atoms with van der Waals surface area (Å²) < 4.78 is 1.71. The van der Waals surface area contributed by atoms with E-state index in [4.69, 9.17) is 15.9 Å². The Labute approximate surface area is 174 Å². The van der Waals surface area contributed by atoms with Gasteiger partial charge in [0.2, 0.25) is 11.8 Å². The summed E-state index contributed by atoms with van der Waals surface area (Å²) in [4.78, 5) is 58.3. The number of imidazole rings is 1. The third-order valence-corrected chi connectivity index (χ3v) is 5.00. The highest BCUT2D eigenvalue weighted by atomic mass is 32.2. The minimum Gasteiger partial charge on any atom is -0.480 e. The van der Waals surface area contributed by atoms with Gasteiger partial charge in [-0.1, -0.05) is 0 Å². The van der Waals surface area contributed by atoms with Crippen LogP contribution in [0.5, 0.6) is 0 Å². The van der Waals surface area contributed by atoms with Gasteiger partial charge in [0, 0.05) is 19.2 Å². The summed E-state index contributed by atoms with van der Waals surface area (Å²) in [5, 5.41) is 22.8. The van der Waals surface area contributed by atoms with Gasteiger partial charge in [0.05, 0.1) is 6.33 Å². The Morgan fingerprint density at radius 3 is 2.63 bits per heavy atom. The lowest BCUT2D eigenvalue weighted by Gasteiger charge is -2.18. The average Bonchev–Trinajstić information content (AvgIpc) is 3.08. The van der Waals surface area contributed by atoms with Crippen molar-refractivity contribution in [3.05, 3.63) is 12.7 Å². The largest absolute Gasteiger partial charge is 0.480 e. The van der Waals surface area contributed by atoms with Crippen molar-refractivity contribution in [3.63, 3.8) is 0 Å². The number of amides is 2. The van der Waals surface area contributed by atoms with E-state index in [2.05, 4.69) is 25.6 Å². The third kappa shape index (κ3) is 6.38. The van der Waals surface area contributed by atoms with E-state index in [1.54, 1.807) is 17.9 Å². The summed E-state index contributed by atoms with van der Waals surface area (Å²) in [6.45, 7) is -0.612. The number of carbonyl (C=O) groups is 4. The van der Waals surface area contributed by atoms with E-state index < -0.39 is 42.4 Å². The Bertz CT molecular complexity index is 949. The van der Waals surface area contributed by atoms with E-state index in [9.17, 15) is 19.2 Å². The number of carboxylic acids is 2. The van der Waals surface area contributed by atoms with Crippen LogP contribution in [0.3, 0.4) is 0 Å². The normalized spacial score (nSPS) is 12.9. The molecule has 13 nitrogen and oxygen atoms in total. The molecule has 0 aliphatic heterocycles. The highest BCUT2D eigenvalue weighted by molar-refractivity contribution is 7.99. The van der Waals surface area contributed by atoms with Crippen molar-refractivity contribution in [1.29, 1.82) is 0 Å². The summed E-state index contributed by atoms with van der Waals surface area (Å²) in [6.07, 6.45) is 2.57. The van der Waals surface area contributed by atoms with Gasteiger partial charge in [-0.25, -0.2) is 15.0 Å². The molecule has 0 aromatic carbocycles. The molecule has 2 aromatic heterocycles. The number of carbonyl (C=O) groups excluding carboxylic acids is 2. The molecule has 0 unspecified atom stereocenters. The van der Waals surface area contributed by atoms with Crippen molar-refractivity contribution in [1.82, 2.24) is 30.2 Å². The van der Waals surface area contributed by atoms with Gasteiger partial charge in [0.15, 0.2) is 5.65 Å². The van der Waals surface area contributed by atoms with Crippen LogP contribution in [0.2, 0.25) is 0 Å². The van der Waals surface area contributed by atoms with Crippen LogP contribution in [0.15, 0.2) is 17.7 Å².